The Kier molecular flexibility index (Phi) is 5.41. The third kappa shape index (κ3) is 3.65. The Morgan fingerprint density at radius 2 is 1.87 bits per heavy atom. The Hall–Kier alpha value is -0.273. The minimum absolute atomic E-state index is 0.847. The van der Waals surface area contributed by atoms with Gasteiger partial charge in [-0.1, -0.05) is 11.3 Å². The van der Waals surface area contributed by atoms with Crippen molar-refractivity contribution in [2.24, 2.45) is 0 Å². The van der Waals surface area contributed by atoms with Crippen LogP contribution in [0.5, 0.6) is 0 Å². The minimum atomic E-state index is -2.36. The van der Waals surface area contributed by atoms with E-state index in [1.807, 2.05) is 0 Å². The molecule has 1 aromatic heterocycles. The Labute approximate surface area is 95.8 Å². The van der Waals surface area contributed by atoms with E-state index < -0.39 is 8.80 Å². The zero-order valence-electron chi connectivity index (χ0n) is 9.43. The molecule has 4 nitrogen and oxygen atoms in total. The largest absolute Gasteiger partial charge is 0.500 e. The van der Waals surface area contributed by atoms with E-state index in [9.17, 15) is 0 Å². The molecule has 0 unspecified atom stereocenters. The van der Waals surface area contributed by atoms with Crippen LogP contribution in [0.2, 0.25) is 6.04 Å². The minimum Gasteiger partial charge on any atom is -0.377 e. The van der Waals surface area contributed by atoms with E-state index in [0.717, 1.165) is 19.0 Å². The van der Waals surface area contributed by atoms with Gasteiger partial charge in [0.1, 0.15) is 6.54 Å². The quantitative estimate of drug-likeness (QED) is 0.538. The van der Waals surface area contributed by atoms with Gasteiger partial charge in [-0.15, -0.1) is 0 Å². The summed E-state index contributed by atoms with van der Waals surface area (Å²) in [5.41, 5.74) is 2.09. The molecule has 1 aromatic rings. The summed E-state index contributed by atoms with van der Waals surface area (Å²) in [5.74, 6) is 0. The number of hydrogen-bond donors (Lipinski definition) is 0. The highest BCUT2D eigenvalue weighted by atomic mass is 32.1. The van der Waals surface area contributed by atoms with Crippen LogP contribution in [0.1, 0.15) is 6.42 Å². The van der Waals surface area contributed by atoms with Gasteiger partial charge in [0.15, 0.2) is 6.20 Å². The smallest absolute Gasteiger partial charge is 0.377 e. The molecule has 0 atom stereocenters. The Morgan fingerprint density at radius 3 is 2.33 bits per heavy atom. The van der Waals surface area contributed by atoms with Gasteiger partial charge in [0.05, 0.1) is 5.38 Å². The number of aryl methyl sites for hydroxylation is 1. The van der Waals surface area contributed by atoms with Gasteiger partial charge in [-0.2, -0.15) is 4.57 Å². The lowest BCUT2D eigenvalue weighted by Gasteiger charge is -2.23. The van der Waals surface area contributed by atoms with Crippen molar-refractivity contribution < 1.29 is 17.8 Å². The van der Waals surface area contributed by atoms with Crippen LogP contribution in [0.15, 0.2) is 17.1 Å². The Balaban J connectivity index is 2.34. The first-order chi connectivity index (χ1) is 7.26. The first-order valence-corrected chi connectivity index (χ1v) is 7.70. The second-order valence-electron chi connectivity index (χ2n) is 3.16. The zero-order chi connectivity index (χ0) is 11.1. The van der Waals surface area contributed by atoms with Crippen molar-refractivity contribution in [3.05, 3.63) is 17.1 Å². The van der Waals surface area contributed by atoms with Crippen LogP contribution in [-0.2, 0) is 19.8 Å². The first kappa shape index (κ1) is 12.8. The molecule has 86 valence electrons. The van der Waals surface area contributed by atoms with Crippen molar-refractivity contribution in [1.29, 1.82) is 0 Å². The van der Waals surface area contributed by atoms with Gasteiger partial charge >= 0.3 is 8.80 Å². The molecule has 0 saturated carbocycles. The van der Waals surface area contributed by atoms with E-state index in [1.54, 1.807) is 32.7 Å². The van der Waals surface area contributed by atoms with Crippen LogP contribution in [0.4, 0.5) is 0 Å². The van der Waals surface area contributed by atoms with Gasteiger partial charge in [-0.3, -0.25) is 0 Å². The number of hydrogen-bond acceptors (Lipinski definition) is 4. The van der Waals surface area contributed by atoms with Crippen LogP contribution in [0.25, 0.3) is 0 Å². The molecule has 0 aliphatic rings. The van der Waals surface area contributed by atoms with Crippen molar-refractivity contribution in [2.45, 2.75) is 19.0 Å². The summed E-state index contributed by atoms with van der Waals surface area (Å²) >= 11 is 1.70. The molecule has 0 saturated heterocycles. The molecular weight excluding hydrogens is 230 g/mol. The van der Waals surface area contributed by atoms with Crippen molar-refractivity contribution in [2.75, 3.05) is 21.3 Å². The lowest BCUT2D eigenvalue weighted by molar-refractivity contribution is -0.692. The Bertz CT molecular complexity index is 256. The second-order valence-corrected chi connectivity index (χ2v) is 7.01. The molecule has 15 heavy (non-hydrogen) atoms. The molecule has 0 N–H and O–H groups in total. The molecular formula is C9H18NO3SSi+. The molecule has 0 aromatic carbocycles. The fourth-order valence-electron chi connectivity index (χ4n) is 1.42. The SMILES string of the molecule is CO[Si](CCC[n+]1ccsc1)(OC)OC. The molecule has 0 fully saturated rings. The fraction of sp³-hybridized carbons (Fsp3) is 0.667. The topological polar surface area (TPSA) is 31.6 Å². The molecule has 0 amide bonds. The standard InChI is InChI=1S/C9H18NO3SSi/c1-11-15(12-2,13-3)8-4-5-10-6-7-14-9-10/h6-7,9H,4-5,8H2,1-3H3/q+1. The number of thiazole rings is 1. The second kappa shape index (κ2) is 6.34. The molecule has 0 aliphatic carbocycles. The maximum absolute atomic E-state index is 5.34. The van der Waals surface area contributed by atoms with Crippen LogP contribution in [0.3, 0.4) is 0 Å². The van der Waals surface area contributed by atoms with E-state index in [4.69, 9.17) is 13.3 Å². The fourth-order valence-corrected chi connectivity index (χ4v) is 3.76. The van der Waals surface area contributed by atoms with Gasteiger partial charge in [0, 0.05) is 33.8 Å². The van der Waals surface area contributed by atoms with E-state index in [2.05, 4.69) is 21.7 Å². The van der Waals surface area contributed by atoms with E-state index in [-0.39, 0.29) is 0 Å². The molecule has 1 rings (SSSR count). The van der Waals surface area contributed by atoms with Crippen LogP contribution in [0, 0.1) is 0 Å². The van der Waals surface area contributed by atoms with Gasteiger partial charge in [0.25, 0.3) is 0 Å². The number of nitrogens with zero attached hydrogens (tertiary/aromatic N) is 1. The molecule has 6 heteroatoms. The molecule has 0 aliphatic heterocycles. The summed E-state index contributed by atoms with van der Waals surface area (Å²) in [7, 11) is 2.59. The normalized spacial score (nSPS) is 11.9. The number of rotatable bonds is 7. The summed E-state index contributed by atoms with van der Waals surface area (Å²) in [4.78, 5) is 0. The molecule has 0 spiro atoms. The third-order valence-corrected chi connectivity index (χ3v) is 5.86. The molecule has 1 heterocycles. The lowest BCUT2D eigenvalue weighted by Crippen LogP contribution is -2.43. The van der Waals surface area contributed by atoms with Gasteiger partial charge in [-0.05, 0) is 0 Å². The maximum Gasteiger partial charge on any atom is 0.500 e. The van der Waals surface area contributed by atoms with E-state index in [1.165, 1.54) is 0 Å². The zero-order valence-corrected chi connectivity index (χ0v) is 11.3. The van der Waals surface area contributed by atoms with E-state index >= 15 is 0 Å². The average molecular weight is 248 g/mol. The predicted octanol–water partition coefficient (Wildman–Crippen LogP) is 1.30. The molecule has 0 radical (unpaired) electrons. The van der Waals surface area contributed by atoms with Gasteiger partial charge in [-0.25, -0.2) is 0 Å². The highest BCUT2D eigenvalue weighted by Crippen LogP contribution is 2.14. The van der Waals surface area contributed by atoms with Crippen LogP contribution in [-0.4, -0.2) is 30.1 Å². The summed E-state index contributed by atoms with van der Waals surface area (Å²) in [6, 6.07) is 0.847. The summed E-state index contributed by atoms with van der Waals surface area (Å²) in [6.07, 6.45) is 3.07. The predicted molar refractivity (Wildman–Crippen MR) is 60.7 cm³/mol. The highest BCUT2D eigenvalue weighted by molar-refractivity contribution is 7.07. The summed E-state index contributed by atoms with van der Waals surface area (Å²) in [6.45, 7) is 0.980. The van der Waals surface area contributed by atoms with Crippen molar-refractivity contribution in [1.82, 2.24) is 0 Å². The van der Waals surface area contributed by atoms with Gasteiger partial charge < -0.3 is 13.3 Å². The third-order valence-electron chi connectivity index (χ3n) is 2.36. The highest BCUT2D eigenvalue weighted by Gasteiger charge is 2.37. The molecule has 0 bridgehead atoms. The first-order valence-electron chi connectivity index (χ1n) is 4.83. The van der Waals surface area contributed by atoms with Crippen molar-refractivity contribution >= 4 is 20.1 Å². The van der Waals surface area contributed by atoms with Crippen LogP contribution < -0.4 is 4.57 Å². The Morgan fingerprint density at radius 1 is 1.20 bits per heavy atom. The maximum atomic E-state index is 5.34. The van der Waals surface area contributed by atoms with E-state index in [0.29, 0.717) is 0 Å². The van der Waals surface area contributed by atoms with Crippen LogP contribution >= 0.6 is 11.3 Å². The summed E-state index contributed by atoms with van der Waals surface area (Å²) in [5, 5.41) is 2.06. The summed E-state index contributed by atoms with van der Waals surface area (Å²) < 4.78 is 18.2. The lowest BCUT2D eigenvalue weighted by atomic mass is 10.5. The average Bonchev–Trinajstić information content (AvgIpc) is 2.78. The number of aromatic nitrogens is 1. The monoisotopic (exact) mass is 248 g/mol. The van der Waals surface area contributed by atoms with Crippen molar-refractivity contribution in [3.8, 4) is 0 Å². The van der Waals surface area contributed by atoms with Gasteiger partial charge in [0.2, 0.25) is 5.51 Å². The van der Waals surface area contributed by atoms with Crippen molar-refractivity contribution in [3.63, 3.8) is 0 Å².